The number of benzene rings is 2. The Morgan fingerprint density at radius 2 is 1.49 bits per heavy atom. The van der Waals surface area contributed by atoms with E-state index in [1.165, 1.54) is 37.0 Å². The largest absolute Gasteiger partial charge is 0.416 e. The third kappa shape index (κ3) is 6.63. The van der Waals surface area contributed by atoms with Crippen LogP contribution < -0.4 is 5.32 Å². The van der Waals surface area contributed by atoms with Gasteiger partial charge in [-0.3, -0.25) is 14.5 Å². The van der Waals surface area contributed by atoms with Crippen molar-refractivity contribution < 1.29 is 22.8 Å². The van der Waals surface area contributed by atoms with E-state index in [9.17, 15) is 22.8 Å². The lowest BCUT2D eigenvalue weighted by atomic mass is 9.95. The number of nitrogens with one attached hydrogen (secondary N) is 1. The lowest BCUT2D eigenvalue weighted by molar-refractivity contribution is -0.137. The second-order valence-electron chi connectivity index (χ2n) is 9.46. The van der Waals surface area contributed by atoms with Gasteiger partial charge < -0.3 is 10.2 Å². The van der Waals surface area contributed by atoms with Crippen LogP contribution in [0.4, 0.5) is 13.2 Å². The van der Waals surface area contributed by atoms with Crippen LogP contribution in [-0.4, -0.2) is 47.8 Å². The van der Waals surface area contributed by atoms with Crippen molar-refractivity contribution in [2.75, 3.05) is 26.2 Å². The maximum absolute atomic E-state index is 12.8. The van der Waals surface area contributed by atoms with Crippen LogP contribution in [-0.2, 0) is 24.1 Å². The molecule has 2 aromatic carbocycles. The molecule has 4 rings (SSSR count). The van der Waals surface area contributed by atoms with Crippen molar-refractivity contribution in [3.63, 3.8) is 0 Å². The Hall–Kier alpha value is -2.87. The van der Waals surface area contributed by atoms with Crippen molar-refractivity contribution in [2.24, 2.45) is 5.92 Å². The van der Waals surface area contributed by atoms with E-state index in [0.29, 0.717) is 32.5 Å². The number of likely N-dealkylation sites (tertiary alicyclic amines) is 2. The minimum atomic E-state index is -4.43. The third-order valence-electron chi connectivity index (χ3n) is 7.03. The fourth-order valence-corrected chi connectivity index (χ4v) is 4.90. The molecule has 0 spiro atoms. The monoisotopic (exact) mass is 487 g/mol. The summed E-state index contributed by atoms with van der Waals surface area (Å²) in [5.74, 6) is -0.496. The Bertz CT molecular complexity index is 1010. The Kier molecular flexibility index (Phi) is 8.11. The highest BCUT2D eigenvalue weighted by Gasteiger charge is 2.31. The average molecular weight is 488 g/mol. The van der Waals surface area contributed by atoms with Crippen molar-refractivity contribution in [1.29, 1.82) is 0 Å². The maximum Gasteiger partial charge on any atom is 0.416 e. The molecule has 2 aromatic rings. The predicted molar refractivity (Wildman–Crippen MR) is 127 cm³/mol. The van der Waals surface area contributed by atoms with Gasteiger partial charge in [-0.05, 0) is 74.2 Å². The minimum Gasteiger partial charge on any atom is -0.352 e. The minimum absolute atomic E-state index is 0.0144. The van der Waals surface area contributed by atoms with Crippen molar-refractivity contribution in [1.82, 2.24) is 15.1 Å². The van der Waals surface area contributed by atoms with Crippen LogP contribution in [0.3, 0.4) is 0 Å². The first kappa shape index (κ1) is 25.2. The third-order valence-corrected chi connectivity index (χ3v) is 7.03. The topological polar surface area (TPSA) is 52.7 Å². The lowest BCUT2D eigenvalue weighted by Gasteiger charge is -2.31. The van der Waals surface area contributed by atoms with Crippen molar-refractivity contribution in [3.05, 3.63) is 70.8 Å². The molecule has 2 heterocycles. The van der Waals surface area contributed by atoms with E-state index in [0.717, 1.165) is 37.3 Å². The maximum atomic E-state index is 12.8. The second kappa shape index (κ2) is 11.2. The zero-order valence-electron chi connectivity index (χ0n) is 19.8. The van der Waals surface area contributed by atoms with Crippen molar-refractivity contribution >= 4 is 11.8 Å². The van der Waals surface area contributed by atoms with Gasteiger partial charge in [0.25, 0.3) is 5.91 Å². The number of amides is 2. The van der Waals surface area contributed by atoms with E-state index in [2.05, 4.69) is 22.3 Å². The van der Waals surface area contributed by atoms with E-state index in [4.69, 9.17) is 0 Å². The molecule has 0 aliphatic carbocycles. The van der Waals surface area contributed by atoms with Crippen LogP contribution in [0.2, 0.25) is 0 Å². The molecule has 1 N–H and O–H groups in total. The van der Waals surface area contributed by atoms with E-state index in [-0.39, 0.29) is 23.3 Å². The van der Waals surface area contributed by atoms with Gasteiger partial charge in [0.2, 0.25) is 5.91 Å². The van der Waals surface area contributed by atoms with Gasteiger partial charge in [0.05, 0.1) is 5.56 Å². The van der Waals surface area contributed by atoms with E-state index >= 15 is 0 Å². The van der Waals surface area contributed by atoms with Crippen LogP contribution in [0.15, 0.2) is 48.5 Å². The average Bonchev–Trinajstić information content (AvgIpc) is 2.88. The van der Waals surface area contributed by atoms with Crippen LogP contribution in [0.25, 0.3) is 0 Å². The molecule has 188 valence electrons. The summed E-state index contributed by atoms with van der Waals surface area (Å²) in [5.41, 5.74) is 1.82. The lowest BCUT2D eigenvalue weighted by Crippen LogP contribution is -2.43. The number of rotatable bonds is 6. The second-order valence-corrected chi connectivity index (χ2v) is 9.46. The standard InChI is InChI=1S/C27H32F3N3O2/c28-27(29,30)24-10-8-21(9-11-24)26(35)33-16-12-20(13-17-33)25(34)31-18-22-6-2-3-7-23(22)19-32-14-4-1-5-15-32/h2-3,6-11,20H,1,4-5,12-19H2,(H,31,34). The molecule has 2 aliphatic heterocycles. The van der Waals surface area contributed by atoms with E-state index in [1.54, 1.807) is 4.90 Å². The zero-order valence-corrected chi connectivity index (χ0v) is 19.8. The summed E-state index contributed by atoms with van der Waals surface area (Å²) in [7, 11) is 0. The molecule has 35 heavy (non-hydrogen) atoms. The summed E-state index contributed by atoms with van der Waals surface area (Å²) in [6.07, 6.45) is 0.406. The number of halogens is 3. The summed E-state index contributed by atoms with van der Waals surface area (Å²) in [6, 6.07) is 12.5. The molecular weight excluding hydrogens is 455 g/mol. The Balaban J connectivity index is 1.26. The fourth-order valence-electron chi connectivity index (χ4n) is 4.90. The quantitative estimate of drug-likeness (QED) is 0.633. The molecule has 0 atom stereocenters. The first-order chi connectivity index (χ1) is 16.8. The van der Waals surface area contributed by atoms with E-state index in [1.807, 2.05) is 12.1 Å². The number of hydrogen-bond acceptors (Lipinski definition) is 3. The first-order valence-corrected chi connectivity index (χ1v) is 12.3. The van der Waals surface area contributed by atoms with E-state index < -0.39 is 11.7 Å². The molecular formula is C27H32F3N3O2. The number of carbonyl (C=O) groups excluding carboxylic acids is 2. The van der Waals surface area contributed by atoms with Gasteiger partial charge in [-0.15, -0.1) is 0 Å². The van der Waals surface area contributed by atoms with Gasteiger partial charge in [0.15, 0.2) is 0 Å². The molecule has 0 unspecified atom stereocenters. The molecule has 2 aliphatic rings. The Labute approximate surface area is 204 Å². The smallest absolute Gasteiger partial charge is 0.352 e. The van der Waals surface area contributed by atoms with Gasteiger partial charge in [-0.25, -0.2) is 0 Å². The highest BCUT2D eigenvalue weighted by atomic mass is 19.4. The van der Waals surface area contributed by atoms with Crippen LogP contribution in [0, 0.1) is 5.92 Å². The molecule has 2 fully saturated rings. The van der Waals surface area contributed by atoms with Crippen molar-refractivity contribution in [2.45, 2.75) is 51.4 Å². The van der Waals surface area contributed by atoms with Crippen molar-refractivity contribution in [3.8, 4) is 0 Å². The summed E-state index contributed by atoms with van der Waals surface area (Å²) < 4.78 is 38.3. The number of nitrogens with zero attached hydrogens (tertiary/aromatic N) is 2. The van der Waals surface area contributed by atoms with Gasteiger partial charge in [-0.1, -0.05) is 30.7 Å². The molecule has 0 bridgehead atoms. The fraction of sp³-hybridized carbons (Fsp3) is 0.481. The molecule has 8 heteroatoms. The number of piperidine rings is 2. The predicted octanol–water partition coefficient (Wildman–Crippen LogP) is 4.86. The summed E-state index contributed by atoms with van der Waals surface area (Å²) in [5, 5.41) is 3.07. The first-order valence-electron chi connectivity index (χ1n) is 12.3. The molecule has 0 aromatic heterocycles. The van der Waals surface area contributed by atoms with Crippen LogP contribution >= 0.6 is 0 Å². The SMILES string of the molecule is O=C(NCc1ccccc1CN1CCCCC1)C1CCN(C(=O)c2ccc(C(F)(F)F)cc2)CC1. The van der Waals surface area contributed by atoms with Gasteiger partial charge in [0.1, 0.15) is 0 Å². The zero-order chi connectivity index (χ0) is 24.8. The summed E-state index contributed by atoms with van der Waals surface area (Å²) in [4.78, 5) is 29.6. The van der Waals surface area contributed by atoms with Crippen LogP contribution in [0.1, 0.15) is 59.2 Å². The highest BCUT2D eigenvalue weighted by Crippen LogP contribution is 2.29. The Morgan fingerprint density at radius 3 is 2.11 bits per heavy atom. The summed E-state index contributed by atoms with van der Waals surface area (Å²) >= 11 is 0. The number of alkyl halides is 3. The normalized spacial score (nSPS) is 17.9. The number of carbonyl (C=O) groups is 2. The summed E-state index contributed by atoms with van der Waals surface area (Å²) in [6.45, 7) is 4.42. The molecule has 0 saturated carbocycles. The Morgan fingerprint density at radius 1 is 0.857 bits per heavy atom. The molecule has 5 nitrogen and oxygen atoms in total. The number of hydrogen-bond donors (Lipinski definition) is 1. The molecule has 2 saturated heterocycles. The van der Waals surface area contributed by atoms with Crippen LogP contribution in [0.5, 0.6) is 0 Å². The molecule has 0 radical (unpaired) electrons. The molecule has 2 amide bonds. The van der Waals surface area contributed by atoms with Gasteiger partial charge in [-0.2, -0.15) is 13.2 Å². The van der Waals surface area contributed by atoms with Gasteiger partial charge in [0, 0.05) is 37.7 Å². The highest BCUT2D eigenvalue weighted by molar-refractivity contribution is 5.94. The van der Waals surface area contributed by atoms with Gasteiger partial charge >= 0.3 is 6.18 Å².